The highest BCUT2D eigenvalue weighted by Crippen LogP contribution is 2.24. The summed E-state index contributed by atoms with van der Waals surface area (Å²) in [6.45, 7) is 3.96. The lowest BCUT2D eigenvalue weighted by Gasteiger charge is -2.39. The van der Waals surface area contributed by atoms with Crippen molar-refractivity contribution in [1.29, 1.82) is 5.26 Å². The van der Waals surface area contributed by atoms with Crippen LogP contribution in [0.2, 0.25) is 0 Å². The van der Waals surface area contributed by atoms with Crippen LogP contribution < -0.4 is 0 Å². The van der Waals surface area contributed by atoms with Gasteiger partial charge in [0.25, 0.3) is 0 Å². The van der Waals surface area contributed by atoms with Gasteiger partial charge >= 0.3 is 0 Å². The number of likely N-dealkylation sites (tertiary alicyclic amines) is 1. The van der Waals surface area contributed by atoms with Gasteiger partial charge in [-0.3, -0.25) is 4.90 Å². The van der Waals surface area contributed by atoms with E-state index in [1.54, 1.807) is 12.5 Å². The van der Waals surface area contributed by atoms with Crippen LogP contribution in [0.15, 0.2) is 18.7 Å². The summed E-state index contributed by atoms with van der Waals surface area (Å²) in [5.74, 6) is 0. The zero-order valence-electron chi connectivity index (χ0n) is 9.06. The summed E-state index contributed by atoms with van der Waals surface area (Å²) in [7, 11) is 0. The van der Waals surface area contributed by atoms with Gasteiger partial charge in [-0.1, -0.05) is 6.42 Å². The van der Waals surface area contributed by atoms with Gasteiger partial charge in [0.15, 0.2) is 5.66 Å². The Morgan fingerprint density at radius 3 is 2.60 bits per heavy atom. The molecule has 0 N–H and O–H groups in total. The molecule has 1 unspecified atom stereocenters. The van der Waals surface area contributed by atoms with Crippen molar-refractivity contribution in [3.05, 3.63) is 18.7 Å². The lowest BCUT2D eigenvalue weighted by Crippen LogP contribution is -2.49. The van der Waals surface area contributed by atoms with Crippen molar-refractivity contribution in [3.8, 4) is 6.07 Å². The summed E-state index contributed by atoms with van der Waals surface area (Å²) in [6, 6.07) is 2.40. The van der Waals surface area contributed by atoms with Gasteiger partial charge in [0.1, 0.15) is 6.07 Å². The molecule has 0 bridgehead atoms. The predicted octanol–water partition coefficient (Wildman–Crippen LogP) is 1.57. The van der Waals surface area contributed by atoms with E-state index < -0.39 is 5.66 Å². The van der Waals surface area contributed by atoms with Crippen molar-refractivity contribution in [2.24, 2.45) is 0 Å². The molecule has 15 heavy (non-hydrogen) atoms. The van der Waals surface area contributed by atoms with Gasteiger partial charge in [-0.05, 0) is 19.8 Å². The highest BCUT2D eigenvalue weighted by Gasteiger charge is 2.34. The Labute approximate surface area is 90.1 Å². The third kappa shape index (κ3) is 1.75. The SMILES string of the molecule is CC(C#N)(N1CCCCC1)n1ccnc1. The minimum Gasteiger partial charge on any atom is -0.306 e. The molecular weight excluding hydrogens is 188 g/mol. The van der Waals surface area contributed by atoms with E-state index in [0.29, 0.717) is 0 Å². The smallest absolute Gasteiger partial charge is 0.184 e. The Bertz CT molecular complexity index is 345. The molecular formula is C11H16N4. The minimum atomic E-state index is -0.572. The second-order valence-electron chi connectivity index (χ2n) is 4.15. The Hall–Kier alpha value is -1.34. The summed E-state index contributed by atoms with van der Waals surface area (Å²) < 4.78 is 1.89. The fourth-order valence-electron chi connectivity index (χ4n) is 2.14. The summed E-state index contributed by atoms with van der Waals surface area (Å²) in [6.07, 6.45) is 8.95. The van der Waals surface area contributed by atoms with E-state index in [0.717, 1.165) is 13.1 Å². The molecule has 4 heteroatoms. The van der Waals surface area contributed by atoms with E-state index >= 15 is 0 Å². The quantitative estimate of drug-likeness (QED) is 0.734. The van der Waals surface area contributed by atoms with Crippen LogP contribution in [0.1, 0.15) is 26.2 Å². The molecule has 1 aliphatic rings. The van der Waals surface area contributed by atoms with Crippen molar-refractivity contribution < 1.29 is 0 Å². The Kier molecular flexibility index (Phi) is 2.74. The van der Waals surface area contributed by atoms with Crippen molar-refractivity contribution in [3.63, 3.8) is 0 Å². The molecule has 1 atom stereocenters. The zero-order valence-corrected chi connectivity index (χ0v) is 9.06. The third-order valence-electron chi connectivity index (χ3n) is 3.19. The maximum Gasteiger partial charge on any atom is 0.184 e. The first-order valence-corrected chi connectivity index (χ1v) is 5.42. The van der Waals surface area contributed by atoms with Crippen LogP contribution >= 0.6 is 0 Å². The van der Waals surface area contributed by atoms with Crippen molar-refractivity contribution >= 4 is 0 Å². The first-order valence-electron chi connectivity index (χ1n) is 5.42. The molecule has 0 spiro atoms. The van der Waals surface area contributed by atoms with Gasteiger partial charge in [0, 0.05) is 25.5 Å². The number of imidazole rings is 1. The molecule has 0 radical (unpaired) electrons. The Morgan fingerprint density at radius 2 is 2.07 bits per heavy atom. The monoisotopic (exact) mass is 204 g/mol. The molecule has 1 aromatic rings. The van der Waals surface area contributed by atoms with E-state index in [1.807, 2.05) is 17.7 Å². The number of rotatable bonds is 2. The first-order chi connectivity index (χ1) is 7.27. The van der Waals surface area contributed by atoms with Gasteiger partial charge in [-0.2, -0.15) is 5.26 Å². The van der Waals surface area contributed by atoms with Crippen molar-refractivity contribution in [2.45, 2.75) is 31.8 Å². The molecule has 0 amide bonds. The number of hydrogen-bond donors (Lipinski definition) is 0. The molecule has 2 rings (SSSR count). The minimum absolute atomic E-state index is 0.572. The van der Waals surface area contributed by atoms with Crippen LogP contribution in [0.25, 0.3) is 0 Å². The molecule has 0 aliphatic carbocycles. The highest BCUT2D eigenvalue weighted by molar-refractivity contribution is 5.03. The second kappa shape index (κ2) is 4.03. The van der Waals surface area contributed by atoms with Crippen LogP contribution in [-0.2, 0) is 5.66 Å². The van der Waals surface area contributed by atoms with Crippen LogP contribution in [0, 0.1) is 11.3 Å². The van der Waals surface area contributed by atoms with E-state index in [4.69, 9.17) is 0 Å². The maximum absolute atomic E-state index is 9.37. The normalized spacial score (nSPS) is 21.9. The Morgan fingerprint density at radius 1 is 1.33 bits per heavy atom. The zero-order chi connectivity index (χ0) is 10.7. The molecule has 1 aliphatic heterocycles. The standard InChI is InChI=1S/C11H16N4/c1-11(9-12,15-8-5-13-10-15)14-6-3-2-4-7-14/h5,8,10H,2-4,6-7H2,1H3. The number of piperidine rings is 1. The summed E-state index contributed by atoms with van der Waals surface area (Å²) in [4.78, 5) is 6.25. The Balaban J connectivity index is 2.25. The van der Waals surface area contributed by atoms with E-state index in [9.17, 15) is 5.26 Å². The molecule has 0 aromatic carbocycles. The van der Waals surface area contributed by atoms with Crippen molar-refractivity contribution in [1.82, 2.24) is 14.5 Å². The molecule has 1 aromatic heterocycles. The molecule has 80 valence electrons. The van der Waals surface area contributed by atoms with E-state index in [-0.39, 0.29) is 0 Å². The number of hydrogen-bond acceptors (Lipinski definition) is 3. The maximum atomic E-state index is 9.37. The highest BCUT2D eigenvalue weighted by atomic mass is 15.3. The predicted molar refractivity (Wildman–Crippen MR) is 56.9 cm³/mol. The summed E-state index contributed by atoms with van der Waals surface area (Å²) in [5.41, 5.74) is -0.572. The van der Waals surface area contributed by atoms with Crippen LogP contribution in [0.4, 0.5) is 0 Å². The summed E-state index contributed by atoms with van der Waals surface area (Å²) >= 11 is 0. The third-order valence-corrected chi connectivity index (χ3v) is 3.19. The number of nitriles is 1. The largest absolute Gasteiger partial charge is 0.306 e. The lowest BCUT2D eigenvalue weighted by atomic mass is 10.1. The fraction of sp³-hybridized carbons (Fsp3) is 0.636. The molecule has 1 saturated heterocycles. The molecule has 0 saturated carbocycles. The second-order valence-corrected chi connectivity index (χ2v) is 4.15. The van der Waals surface area contributed by atoms with E-state index in [1.165, 1.54) is 19.3 Å². The average molecular weight is 204 g/mol. The lowest BCUT2D eigenvalue weighted by molar-refractivity contribution is 0.0664. The van der Waals surface area contributed by atoms with Gasteiger partial charge in [0.2, 0.25) is 0 Å². The van der Waals surface area contributed by atoms with Gasteiger partial charge in [-0.15, -0.1) is 0 Å². The summed E-state index contributed by atoms with van der Waals surface area (Å²) in [5, 5.41) is 9.37. The number of aromatic nitrogens is 2. The van der Waals surface area contributed by atoms with Crippen molar-refractivity contribution in [2.75, 3.05) is 13.1 Å². The average Bonchev–Trinajstić information content (AvgIpc) is 2.83. The van der Waals surface area contributed by atoms with Crippen LogP contribution in [0.5, 0.6) is 0 Å². The first kappa shape index (κ1) is 10.2. The van der Waals surface area contributed by atoms with Gasteiger partial charge in [-0.25, -0.2) is 4.98 Å². The van der Waals surface area contributed by atoms with Gasteiger partial charge < -0.3 is 4.57 Å². The molecule has 4 nitrogen and oxygen atoms in total. The topological polar surface area (TPSA) is 44.9 Å². The van der Waals surface area contributed by atoms with Gasteiger partial charge in [0.05, 0.1) is 6.33 Å². The number of nitrogens with zero attached hydrogens (tertiary/aromatic N) is 4. The molecule has 2 heterocycles. The molecule has 1 fully saturated rings. The van der Waals surface area contributed by atoms with Crippen LogP contribution in [-0.4, -0.2) is 27.5 Å². The van der Waals surface area contributed by atoms with Crippen LogP contribution in [0.3, 0.4) is 0 Å². The van der Waals surface area contributed by atoms with E-state index in [2.05, 4.69) is 16.0 Å². The fourth-order valence-corrected chi connectivity index (χ4v) is 2.14.